The van der Waals surface area contributed by atoms with Crippen LogP contribution in [-0.2, 0) is 0 Å². The van der Waals surface area contributed by atoms with Crippen molar-refractivity contribution in [3.63, 3.8) is 0 Å². The number of nitrogens with zero attached hydrogens (tertiary/aromatic N) is 2. The molecule has 2 heterocycles. The van der Waals surface area contributed by atoms with E-state index in [-0.39, 0.29) is 11.8 Å². The Labute approximate surface area is 360 Å². The van der Waals surface area contributed by atoms with Crippen molar-refractivity contribution >= 4 is 39.3 Å². The van der Waals surface area contributed by atoms with Crippen LogP contribution >= 0.6 is 0 Å². The fraction of sp³-hybridized carbons (Fsp3) is 0.0345. The zero-order valence-electron chi connectivity index (χ0n) is 34.3. The van der Waals surface area contributed by atoms with Crippen molar-refractivity contribution in [2.75, 3.05) is 4.90 Å². The summed E-state index contributed by atoms with van der Waals surface area (Å²) in [6, 6.07) is 70.6. The maximum atomic E-state index is 15.5. The summed E-state index contributed by atoms with van der Waals surface area (Å²) in [5.74, 6) is -0.706. The summed E-state index contributed by atoms with van der Waals surface area (Å²) in [6.45, 7) is 4.20. The zero-order valence-corrected chi connectivity index (χ0v) is 34.3. The summed E-state index contributed by atoms with van der Waals surface area (Å²) >= 11 is 0. The first-order valence-electron chi connectivity index (χ1n) is 21.0. The molecule has 10 aromatic rings. The van der Waals surface area contributed by atoms with E-state index in [9.17, 15) is 0 Å². The second-order valence-corrected chi connectivity index (χ2v) is 16.2. The summed E-state index contributed by atoms with van der Waals surface area (Å²) < 4.78 is 2.17. The molecule has 294 valence electrons. The van der Waals surface area contributed by atoms with Gasteiger partial charge in [-0.05, 0) is 107 Å². The lowest BCUT2D eigenvalue weighted by atomic mass is 9.90. The minimum absolute atomic E-state index is 0.349. The van der Waals surface area contributed by atoms with Gasteiger partial charge in [0.1, 0.15) is 0 Å². The average Bonchev–Trinajstić information content (AvgIpc) is 3.78. The molecule has 2 amide bonds. The minimum Gasteiger partial charge on any atom is -0.308 e. The van der Waals surface area contributed by atoms with Gasteiger partial charge in [-0.25, -0.2) is 4.90 Å². The van der Waals surface area contributed by atoms with Gasteiger partial charge in [0.15, 0.2) is 0 Å². The molecule has 0 spiro atoms. The highest BCUT2D eigenvalue weighted by Crippen LogP contribution is 2.47. The summed E-state index contributed by atoms with van der Waals surface area (Å²) in [7, 11) is 0. The van der Waals surface area contributed by atoms with Gasteiger partial charge in [-0.15, -0.1) is 0 Å². The van der Waals surface area contributed by atoms with Gasteiger partial charge in [0.2, 0.25) is 0 Å². The van der Waals surface area contributed by atoms with Gasteiger partial charge in [0, 0.05) is 21.9 Å². The molecule has 0 radical (unpaired) electrons. The third-order valence-corrected chi connectivity index (χ3v) is 12.3. The van der Waals surface area contributed by atoms with Gasteiger partial charge >= 0.3 is 0 Å². The maximum absolute atomic E-state index is 15.5. The SMILES string of the molecule is Cc1ccc(-c2ccc3c(c2)c2cc(-c4ccc(C)cc4)ccc2n3-c2cccc3c2C(=O)N(c2c(-c4ccccc4)cc(-c4ccccc4)cc2-c2ccccc2)C3=O)cc1. The van der Waals surface area contributed by atoms with E-state index in [0.29, 0.717) is 22.5 Å². The maximum Gasteiger partial charge on any atom is 0.268 e. The van der Waals surface area contributed by atoms with Crippen molar-refractivity contribution in [3.8, 4) is 61.3 Å². The van der Waals surface area contributed by atoms with Crippen LogP contribution in [0.1, 0.15) is 31.8 Å². The Morgan fingerprint density at radius 3 is 1.26 bits per heavy atom. The van der Waals surface area contributed by atoms with E-state index in [2.05, 4.69) is 128 Å². The van der Waals surface area contributed by atoms with E-state index in [1.807, 2.05) is 91.0 Å². The number of carbonyl (C=O) groups excluding carboxylic acids is 2. The molecule has 1 aliphatic heterocycles. The molecule has 0 N–H and O–H groups in total. The first-order chi connectivity index (χ1) is 30.4. The second kappa shape index (κ2) is 14.9. The molecule has 0 saturated heterocycles. The van der Waals surface area contributed by atoms with Crippen LogP contribution < -0.4 is 4.90 Å². The third kappa shape index (κ3) is 6.15. The highest BCUT2D eigenvalue weighted by molar-refractivity contribution is 6.37. The summed E-state index contributed by atoms with van der Waals surface area (Å²) in [4.78, 5) is 32.1. The van der Waals surface area contributed by atoms with Crippen LogP contribution in [0.25, 0.3) is 83.1 Å². The molecular formula is C58H40N2O2. The summed E-state index contributed by atoms with van der Waals surface area (Å²) in [6.07, 6.45) is 0. The molecule has 1 aliphatic rings. The number of hydrogen-bond acceptors (Lipinski definition) is 2. The van der Waals surface area contributed by atoms with Crippen molar-refractivity contribution in [2.45, 2.75) is 13.8 Å². The first kappa shape index (κ1) is 37.0. The van der Waals surface area contributed by atoms with Crippen LogP contribution in [0.4, 0.5) is 5.69 Å². The van der Waals surface area contributed by atoms with Gasteiger partial charge < -0.3 is 4.57 Å². The molecule has 0 atom stereocenters. The molecular weight excluding hydrogens is 757 g/mol. The topological polar surface area (TPSA) is 42.3 Å². The smallest absolute Gasteiger partial charge is 0.268 e. The van der Waals surface area contributed by atoms with Crippen molar-refractivity contribution in [1.82, 2.24) is 4.57 Å². The van der Waals surface area contributed by atoms with Crippen molar-refractivity contribution < 1.29 is 9.59 Å². The van der Waals surface area contributed by atoms with Gasteiger partial charge in [-0.1, -0.05) is 169 Å². The molecule has 1 aromatic heterocycles. The van der Waals surface area contributed by atoms with Gasteiger partial charge in [-0.3, -0.25) is 9.59 Å². The number of aryl methyl sites for hydroxylation is 2. The van der Waals surface area contributed by atoms with Crippen molar-refractivity contribution in [3.05, 3.63) is 229 Å². The number of hydrogen-bond donors (Lipinski definition) is 0. The van der Waals surface area contributed by atoms with E-state index in [0.717, 1.165) is 77.4 Å². The van der Waals surface area contributed by atoms with E-state index in [1.165, 1.54) is 16.0 Å². The minimum atomic E-state index is -0.357. The molecule has 0 saturated carbocycles. The van der Waals surface area contributed by atoms with E-state index >= 15 is 9.59 Å². The predicted octanol–water partition coefficient (Wildman–Crippen LogP) is 14.5. The number of fused-ring (bicyclic) bond motifs is 4. The number of amides is 2. The quantitative estimate of drug-likeness (QED) is 0.151. The lowest BCUT2D eigenvalue weighted by molar-refractivity contribution is 0.0926. The third-order valence-electron chi connectivity index (χ3n) is 12.3. The van der Waals surface area contributed by atoms with Crippen molar-refractivity contribution in [1.29, 1.82) is 0 Å². The standard InChI is InChI=1S/C58H40N2O2/c1-37-21-25-40(26-22-37)44-29-31-52-50(33-44)51-34-45(41-27-23-38(2)24-28-41)30-32-53(51)59(52)54-20-12-19-47-55(54)58(62)60(57(47)61)56-48(42-15-8-4-9-16-42)35-46(39-13-6-3-7-14-39)36-49(56)43-17-10-5-11-18-43/h3-36H,1-2H3. The lowest BCUT2D eigenvalue weighted by Crippen LogP contribution is -2.30. The highest BCUT2D eigenvalue weighted by atomic mass is 16.2. The summed E-state index contributed by atoms with van der Waals surface area (Å²) in [5.41, 5.74) is 16.2. The van der Waals surface area contributed by atoms with Gasteiger partial charge in [0.05, 0.1) is 33.5 Å². The van der Waals surface area contributed by atoms with Crippen LogP contribution in [0.3, 0.4) is 0 Å². The fourth-order valence-corrected chi connectivity index (χ4v) is 9.14. The van der Waals surface area contributed by atoms with Crippen LogP contribution in [0.2, 0.25) is 0 Å². The molecule has 4 heteroatoms. The lowest BCUT2D eigenvalue weighted by Gasteiger charge is -2.24. The van der Waals surface area contributed by atoms with Crippen LogP contribution in [0.5, 0.6) is 0 Å². The molecule has 11 rings (SSSR count). The second-order valence-electron chi connectivity index (χ2n) is 16.2. The van der Waals surface area contributed by atoms with E-state index < -0.39 is 0 Å². The Hall–Kier alpha value is -8.08. The zero-order chi connectivity index (χ0) is 41.9. The fourth-order valence-electron chi connectivity index (χ4n) is 9.14. The molecule has 0 fully saturated rings. The molecule has 0 unspecified atom stereocenters. The molecule has 0 aliphatic carbocycles. The number of aromatic nitrogens is 1. The van der Waals surface area contributed by atoms with Crippen molar-refractivity contribution in [2.24, 2.45) is 0 Å². The molecule has 0 bridgehead atoms. The largest absolute Gasteiger partial charge is 0.308 e. The number of rotatable bonds is 7. The molecule has 9 aromatic carbocycles. The Balaban J connectivity index is 1.14. The van der Waals surface area contributed by atoms with Crippen LogP contribution in [-0.4, -0.2) is 16.4 Å². The Morgan fingerprint density at radius 1 is 0.339 bits per heavy atom. The Morgan fingerprint density at radius 2 is 0.774 bits per heavy atom. The van der Waals surface area contributed by atoms with Gasteiger partial charge in [0.25, 0.3) is 11.8 Å². The molecule has 4 nitrogen and oxygen atoms in total. The highest BCUT2D eigenvalue weighted by Gasteiger charge is 2.42. The summed E-state index contributed by atoms with van der Waals surface area (Å²) in [5, 5.41) is 2.12. The Bertz CT molecular complexity index is 3200. The van der Waals surface area contributed by atoms with Crippen LogP contribution in [0, 0.1) is 13.8 Å². The normalized spacial score (nSPS) is 12.4. The first-order valence-corrected chi connectivity index (χ1v) is 21.0. The predicted molar refractivity (Wildman–Crippen MR) is 255 cm³/mol. The monoisotopic (exact) mass is 796 g/mol. The molecule has 62 heavy (non-hydrogen) atoms. The van der Waals surface area contributed by atoms with E-state index in [4.69, 9.17) is 0 Å². The van der Waals surface area contributed by atoms with E-state index in [1.54, 1.807) is 6.07 Å². The van der Waals surface area contributed by atoms with Crippen LogP contribution in [0.15, 0.2) is 206 Å². The number of anilines is 1. The Kier molecular flexibility index (Phi) is 8.87. The number of benzene rings is 9. The number of carbonyl (C=O) groups is 2. The average molecular weight is 797 g/mol. The number of imide groups is 1. The van der Waals surface area contributed by atoms with Gasteiger partial charge in [-0.2, -0.15) is 0 Å².